The van der Waals surface area contributed by atoms with Crippen molar-refractivity contribution in [2.75, 3.05) is 6.61 Å². The van der Waals surface area contributed by atoms with Gasteiger partial charge in [-0.3, -0.25) is 0 Å². The van der Waals surface area contributed by atoms with Gasteiger partial charge in [0, 0.05) is 18.9 Å². The molecule has 0 spiro atoms. The smallest absolute Gasteiger partial charge is 0.128 e. The summed E-state index contributed by atoms with van der Waals surface area (Å²) < 4.78 is 5.99. The minimum absolute atomic E-state index is 0.267. The Morgan fingerprint density at radius 1 is 0.840 bits per heavy atom. The van der Waals surface area contributed by atoms with Crippen LogP contribution in [-0.4, -0.2) is 51.4 Å². The highest BCUT2D eigenvalue weighted by Gasteiger charge is 2.43. The Kier molecular flexibility index (Phi) is 5.71. The van der Waals surface area contributed by atoms with Crippen molar-refractivity contribution in [2.45, 2.75) is 37.3 Å². The van der Waals surface area contributed by atoms with Crippen LogP contribution in [0, 0.1) is 5.92 Å². The molecule has 0 bridgehead atoms. The van der Waals surface area contributed by atoms with Gasteiger partial charge >= 0.3 is 0 Å². The molecule has 0 aromatic heterocycles. The van der Waals surface area contributed by atoms with Gasteiger partial charge in [-0.2, -0.15) is 0 Å². The molecule has 1 saturated carbocycles. The first-order valence-corrected chi connectivity index (χ1v) is 8.53. The van der Waals surface area contributed by atoms with Crippen LogP contribution in [0.5, 0.6) is 5.75 Å². The molecule has 1 fully saturated rings. The molecule has 25 heavy (non-hydrogen) atoms. The molecule has 1 aliphatic carbocycles. The fourth-order valence-electron chi connectivity index (χ4n) is 3.32. The molecule has 4 N–H and O–H groups in total. The molecule has 0 unspecified atom stereocenters. The maximum atomic E-state index is 10.2. The first-order valence-electron chi connectivity index (χ1n) is 8.53. The van der Waals surface area contributed by atoms with E-state index in [4.69, 9.17) is 4.74 Å². The number of hydrogen-bond acceptors (Lipinski definition) is 5. The summed E-state index contributed by atoms with van der Waals surface area (Å²) in [6, 6.07) is 17.6. The molecule has 5 nitrogen and oxygen atoms in total. The fraction of sp³-hybridized carbons (Fsp3) is 0.400. The van der Waals surface area contributed by atoms with Crippen LogP contribution < -0.4 is 4.74 Å². The van der Waals surface area contributed by atoms with E-state index in [1.54, 1.807) is 0 Å². The summed E-state index contributed by atoms with van der Waals surface area (Å²) in [6.45, 7) is -0.267. The summed E-state index contributed by atoms with van der Waals surface area (Å²) >= 11 is 0. The average Bonchev–Trinajstić information content (AvgIpc) is 2.64. The van der Waals surface area contributed by atoms with Crippen molar-refractivity contribution >= 4 is 0 Å². The quantitative estimate of drug-likeness (QED) is 0.653. The van der Waals surface area contributed by atoms with Crippen molar-refractivity contribution in [3.05, 3.63) is 65.7 Å². The molecule has 5 heteroatoms. The van der Waals surface area contributed by atoms with Gasteiger partial charge in [-0.25, -0.2) is 0 Å². The standard InChI is InChI=1S/C20H24O5/c21-12-15-11-17(19(23)20(24)18(15)22)25-16-9-5-4-8-14(16)10-13-6-2-1-3-7-13/h1-9,15,17-24H,10-12H2/t15-,17-,18-,19+,20+/m1/s1. The topological polar surface area (TPSA) is 90.2 Å². The predicted octanol–water partition coefficient (Wildman–Crippen LogP) is 1.12. The van der Waals surface area contributed by atoms with Crippen LogP contribution in [0.25, 0.3) is 0 Å². The Morgan fingerprint density at radius 3 is 2.24 bits per heavy atom. The fourth-order valence-corrected chi connectivity index (χ4v) is 3.32. The van der Waals surface area contributed by atoms with Gasteiger partial charge in [-0.05, 0) is 23.6 Å². The summed E-state index contributed by atoms with van der Waals surface area (Å²) in [5, 5.41) is 39.6. The van der Waals surface area contributed by atoms with Crippen molar-refractivity contribution in [1.29, 1.82) is 0 Å². The second-order valence-corrected chi connectivity index (χ2v) is 6.58. The molecule has 2 aromatic carbocycles. The lowest BCUT2D eigenvalue weighted by molar-refractivity contribution is -0.157. The van der Waals surface area contributed by atoms with Gasteiger partial charge in [-0.15, -0.1) is 0 Å². The summed E-state index contributed by atoms with van der Waals surface area (Å²) in [4.78, 5) is 0. The minimum atomic E-state index is -1.34. The molecule has 1 aliphatic rings. The van der Waals surface area contributed by atoms with Crippen LogP contribution in [0.3, 0.4) is 0 Å². The second-order valence-electron chi connectivity index (χ2n) is 6.58. The zero-order chi connectivity index (χ0) is 17.8. The lowest BCUT2D eigenvalue weighted by Crippen LogP contribution is -2.56. The van der Waals surface area contributed by atoms with E-state index in [1.165, 1.54) is 0 Å². The van der Waals surface area contributed by atoms with Crippen LogP contribution in [0.1, 0.15) is 17.5 Å². The van der Waals surface area contributed by atoms with E-state index < -0.39 is 30.3 Å². The SMILES string of the molecule is OC[C@H]1C[C@@H](Oc2ccccc2Cc2ccccc2)[C@H](O)[C@@H](O)[C@@H]1O. The molecule has 0 heterocycles. The monoisotopic (exact) mass is 344 g/mol. The highest BCUT2D eigenvalue weighted by Crippen LogP contribution is 2.31. The van der Waals surface area contributed by atoms with Crippen molar-refractivity contribution in [1.82, 2.24) is 0 Å². The van der Waals surface area contributed by atoms with E-state index >= 15 is 0 Å². The zero-order valence-corrected chi connectivity index (χ0v) is 13.9. The molecule has 2 aromatic rings. The van der Waals surface area contributed by atoms with Crippen LogP contribution in [0.15, 0.2) is 54.6 Å². The highest BCUT2D eigenvalue weighted by molar-refractivity contribution is 5.37. The third-order valence-corrected chi connectivity index (χ3v) is 4.82. The van der Waals surface area contributed by atoms with E-state index in [2.05, 4.69) is 0 Å². The predicted molar refractivity (Wildman–Crippen MR) is 93.3 cm³/mol. The number of benzene rings is 2. The third-order valence-electron chi connectivity index (χ3n) is 4.82. The summed E-state index contributed by atoms with van der Waals surface area (Å²) in [5.74, 6) is 0.111. The highest BCUT2D eigenvalue weighted by atomic mass is 16.5. The Balaban J connectivity index is 1.78. The van der Waals surface area contributed by atoms with E-state index in [0.29, 0.717) is 12.2 Å². The van der Waals surface area contributed by atoms with Gasteiger partial charge in [0.1, 0.15) is 24.1 Å². The number of para-hydroxylation sites is 1. The molecule has 0 radical (unpaired) electrons. The van der Waals surface area contributed by atoms with Crippen molar-refractivity contribution in [2.24, 2.45) is 5.92 Å². The number of rotatable bonds is 5. The molecule has 134 valence electrons. The van der Waals surface area contributed by atoms with Crippen molar-refractivity contribution in [3.63, 3.8) is 0 Å². The normalized spacial score (nSPS) is 29.4. The molecular weight excluding hydrogens is 320 g/mol. The van der Waals surface area contributed by atoms with Gasteiger partial charge in [0.05, 0.1) is 6.10 Å². The average molecular weight is 344 g/mol. The third kappa shape index (κ3) is 4.02. The van der Waals surface area contributed by atoms with E-state index in [0.717, 1.165) is 11.1 Å². The maximum absolute atomic E-state index is 10.2. The molecule has 3 rings (SSSR count). The minimum Gasteiger partial charge on any atom is -0.487 e. The first-order chi connectivity index (χ1) is 12.1. The maximum Gasteiger partial charge on any atom is 0.128 e. The summed E-state index contributed by atoms with van der Waals surface area (Å²) in [6.07, 6.45) is -3.42. The van der Waals surface area contributed by atoms with E-state index in [9.17, 15) is 20.4 Å². The molecular formula is C20H24O5. The second kappa shape index (κ2) is 7.97. The number of hydrogen-bond donors (Lipinski definition) is 4. The van der Waals surface area contributed by atoms with Gasteiger partial charge in [0.15, 0.2) is 0 Å². The van der Waals surface area contributed by atoms with E-state index in [1.807, 2.05) is 54.6 Å². The van der Waals surface area contributed by atoms with Gasteiger partial charge in [0.25, 0.3) is 0 Å². The molecule has 0 saturated heterocycles. The number of aliphatic hydroxyl groups excluding tert-OH is 4. The molecule has 0 amide bonds. The van der Waals surface area contributed by atoms with Gasteiger partial charge in [0.2, 0.25) is 0 Å². The van der Waals surface area contributed by atoms with Crippen LogP contribution in [-0.2, 0) is 6.42 Å². The van der Waals surface area contributed by atoms with Crippen LogP contribution in [0.4, 0.5) is 0 Å². The van der Waals surface area contributed by atoms with Crippen LogP contribution in [0.2, 0.25) is 0 Å². The Bertz CT molecular complexity index is 673. The Hall–Kier alpha value is -1.92. The molecule has 0 aliphatic heterocycles. The number of aliphatic hydroxyl groups is 4. The van der Waals surface area contributed by atoms with Gasteiger partial charge in [-0.1, -0.05) is 48.5 Å². The zero-order valence-electron chi connectivity index (χ0n) is 13.9. The van der Waals surface area contributed by atoms with Crippen molar-refractivity contribution in [3.8, 4) is 5.75 Å². The van der Waals surface area contributed by atoms with Gasteiger partial charge < -0.3 is 25.2 Å². The Labute approximate surface area is 147 Å². The van der Waals surface area contributed by atoms with E-state index in [-0.39, 0.29) is 13.0 Å². The lowest BCUT2D eigenvalue weighted by atomic mass is 9.81. The number of ether oxygens (including phenoxy) is 1. The lowest BCUT2D eigenvalue weighted by Gasteiger charge is -2.39. The van der Waals surface area contributed by atoms with Crippen molar-refractivity contribution < 1.29 is 25.2 Å². The first kappa shape index (κ1) is 17.9. The van der Waals surface area contributed by atoms with Crippen LogP contribution >= 0.6 is 0 Å². The Morgan fingerprint density at radius 2 is 1.52 bits per heavy atom. The largest absolute Gasteiger partial charge is 0.487 e. The summed E-state index contributed by atoms with van der Waals surface area (Å²) in [7, 11) is 0. The molecule has 5 atom stereocenters. The summed E-state index contributed by atoms with van der Waals surface area (Å²) in [5.41, 5.74) is 2.12.